The van der Waals surface area contributed by atoms with Gasteiger partial charge in [0.2, 0.25) is 0 Å². The highest BCUT2D eigenvalue weighted by Crippen LogP contribution is 2.22. The van der Waals surface area contributed by atoms with Crippen molar-refractivity contribution >= 4 is 17.3 Å². The SMILES string of the molecule is CCN(c1ccc([N+](=O)[O-])c(/C(N)=N/O)n1)C(C)COC. The fourth-order valence-electron chi connectivity index (χ4n) is 2.02. The van der Waals surface area contributed by atoms with Gasteiger partial charge in [-0.05, 0) is 19.9 Å². The van der Waals surface area contributed by atoms with Gasteiger partial charge in [-0.15, -0.1) is 0 Å². The minimum atomic E-state index is -0.626. The average Bonchev–Trinajstić information content (AvgIpc) is 2.47. The maximum atomic E-state index is 11.0. The predicted octanol–water partition coefficient (Wildman–Crippen LogP) is 0.945. The second-order valence-electron chi connectivity index (χ2n) is 4.37. The van der Waals surface area contributed by atoms with E-state index < -0.39 is 10.8 Å². The van der Waals surface area contributed by atoms with Gasteiger partial charge in [-0.25, -0.2) is 4.98 Å². The van der Waals surface area contributed by atoms with Gasteiger partial charge in [-0.1, -0.05) is 5.16 Å². The van der Waals surface area contributed by atoms with E-state index in [0.717, 1.165) is 0 Å². The molecular formula is C12H19N5O4. The van der Waals surface area contributed by atoms with E-state index in [-0.39, 0.29) is 17.4 Å². The summed E-state index contributed by atoms with van der Waals surface area (Å²) in [6.07, 6.45) is 0. The number of likely N-dealkylation sites (N-methyl/N-ethyl adjacent to an activating group) is 1. The first-order chi connectivity index (χ1) is 9.96. The number of methoxy groups -OCH3 is 1. The third-order valence-corrected chi connectivity index (χ3v) is 2.98. The van der Waals surface area contributed by atoms with E-state index in [1.165, 1.54) is 12.1 Å². The number of ether oxygens (including phenoxy) is 1. The Balaban J connectivity index is 3.29. The van der Waals surface area contributed by atoms with Gasteiger partial charge in [-0.2, -0.15) is 0 Å². The Bertz CT molecular complexity index is 534. The zero-order chi connectivity index (χ0) is 16.0. The minimum absolute atomic E-state index is 0.0223. The molecule has 0 bridgehead atoms. The van der Waals surface area contributed by atoms with Crippen LogP contribution in [0.1, 0.15) is 19.5 Å². The third kappa shape index (κ3) is 3.78. The van der Waals surface area contributed by atoms with Crippen LogP contribution in [0.2, 0.25) is 0 Å². The molecule has 1 atom stereocenters. The molecule has 1 heterocycles. The summed E-state index contributed by atoms with van der Waals surface area (Å²) in [5, 5.41) is 22.5. The van der Waals surface area contributed by atoms with Crippen LogP contribution in [0.15, 0.2) is 17.3 Å². The highest BCUT2D eigenvalue weighted by molar-refractivity contribution is 5.99. The smallest absolute Gasteiger partial charge is 0.298 e. The second-order valence-corrected chi connectivity index (χ2v) is 4.37. The Labute approximate surface area is 122 Å². The molecule has 1 aromatic rings. The van der Waals surface area contributed by atoms with E-state index >= 15 is 0 Å². The molecule has 21 heavy (non-hydrogen) atoms. The molecule has 0 radical (unpaired) electrons. The first kappa shape index (κ1) is 16.6. The van der Waals surface area contributed by atoms with Crippen LogP contribution in [0, 0.1) is 10.1 Å². The largest absolute Gasteiger partial charge is 0.409 e. The molecule has 9 nitrogen and oxygen atoms in total. The Morgan fingerprint density at radius 3 is 2.81 bits per heavy atom. The van der Waals surface area contributed by atoms with Crippen molar-refractivity contribution in [3.05, 3.63) is 27.9 Å². The van der Waals surface area contributed by atoms with Crippen molar-refractivity contribution in [1.82, 2.24) is 4.98 Å². The molecule has 0 aliphatic carbocycles. The number of nitrogens with two attached hydrogens (primary N) is 1. The summed E-state index contributed by atoms with van der Waals surface area (Å²) >= 11 is 0. The van der Waals surface area contributed by atoms with Crippen LogP contribution in [0.5, 0.6) is 0 Å². The lowest BCUT2D eigenvalue weighted by Gasteiger charge is -2.28. The fourth-order valence-corrected chi connectivity index (χ4v) is 2.02. The molecule has 1 aromatic heterocycles. The zero-order valence-corrected chi connectivity index (χ0v) is 12.2. The molecule has 9 heteroatoms. The highest BCUT2D eigenvalue weighted by Gasteiger charge is 2.22. The van der Waals surface area contributed by atoms with E-state index in [9.17, 15) is 10.1 Å². The predicted molar refractivity (Wildman–Crippen MR) is 77.8 cm³/mol. The van der Waals surface area contributed by atoms with Gasteiger partial charge >= 0.3 is 0 Å². The maximum Gasteiger partial charge on any atom is 0.298 e. The van der Waals surface area contributed by atoms with Crippen LogP contribution in [0.3, 0.4) is 0 Å². The molecule has 0 aromatic carbocycles. The van der Waals surface area contributed by atoms with Gasteiger partial charge < -0.3 is 20.6 Å². The summed E-state index contributed by atoms with van der Waals surface area (Å²) in [6.45, 7) is 4.98. The molecule has 0 saturated heterocycles. The zero-order valence-electron chi connectivity index (χ0n) is 12.2. The first-order valence-electron chi connectivity index (χ1n) is 6.35. The van der Waals surface area contributed by atoms with Crippen molar-refractivity contribution in [2.75, 3.05) is 25.2 Å². The fraction of sp³-hybridized carbons (Fsp3) is 0.500. The Morgan fingerprint density at radius 1 is 1.67 bits per heavy atom. The van der Waals surface area contributed by atoms with E-state index in [4.69, 9.17) is 15.7 Å². The number of nitrogens with zero attached hydrogens (tertiary/aromatic N) is 4. The van der Waals surface area contributed by atoms with E-state index in [1.807, 2.05) is 18.7 Å². The van der Waals surface area contributed by atoms with Crippen molar-refractivity contribution in [1.29, 1.82) is 0 Å². The summed E-state index contributed by atoms with van der Waals surface area (Å²) in [7, 11) is 1.59. The minimum Gasteiger partial charge on any atom is -0.409 e. The topological polar surface area (TPSA) is 127 Å². The summed E-state index contributed by atoms with van der Waals surface area (Å²) < 4.78 is 5.10. The second kappa shape index (κ2) is 7.39. The molecule has 0 aliphatic rings. The third-order valence-electron chi connectivity index (χ3n) is 2.98. The molecule has 0 spiro atoms. The van der Waals surface area contributed by atoms with Crippen molar-refractivity contribution in [2.24, 2.45) is 10.9 Å². The normalized spacial score (nSPS) is 13.0. The lowest BCUT2D eigenvalue weighted by molar-refractivity contribution is -0.385. The van der Waals surface area contributed by atoms with Gasteiger partial charge in [0, 0.05) is 19.7 Å². The average molecular weight is 297 g/mol. The molecule has 0 saturated carbocycles. The summed E-state index contributed by atoms with van der Waals surface area (Å²) in [5.74, 6) is 0.0910. The summed E-state index contributed by atoms with van der Waals surface area (Å²) in [4.78, 5) is 16.4. The molecule has 1 rings (SSSR count). The van der Waals surface area contributed by atoms with Crippen molar-refractivity contribution in [2.45, 2.75) is 19.9 Å². The molecule has 0 fully saturated rings. The number of rotatable bonds is 7. The number of hydrogen-bond donors (Lipinski definition) is 2. The molecule has 3 N–H and O–H groups in total. The number of pyridine rings is 1. The van der Waals surface area contributed by atoms with Gasteiger partial charge in [0.1, 0.15) is 5.82 Å². The Kier molecular flexibility index (Phi) is 5.85. The van der Waals surface area contributed by atoms with Gasteiger partial charge in [0.05, 0.1) is 17.6 Å². The number of amidine groups is 1. The van der Waals surface area contributed by atoms with Crippen LogP contribution in [-0.4, -0.2) is 47.3 Å². The standard InChI is InChI=1S/C12H19N5O4/c1-4-16(8(2)7-21-3)10-6-5-9(17(19)20)11(14-10)12(13)15-18/h5-6,8,18H,4,7H2,1-3H3,(H2,13,15). The summed E-state index contributed by atoms with van der Waals surface area (Å²) in [6, 6.07) is 2.84. The Hall–Kier alpha value is -2.42. The van der Waals surface area contributed by atoms with Crippen molar-refractivity contribution in [3.8, 4) is 0 Å². The lowest BCUT2D eigenvalue weighted by atomic mass is 10.2. The van der Waals surface area contributed by atoms with E-state index in [2.05, 4.69) is 10.1 Å². The number of aromatic nitrogens is 1. The van der Waals surface area contributed by atoms with Gasteiger partial charge in [0.25, 0.3) is 5.69 Å². The summed E-state index contributed by atoms with van der Waals surface area (Å²) in [5.41, 5.74) is 4.99. The lowest BCUT2D eigenvalue weighted by Crippen LogP contribution is -2.37. The van der Waals surface area contributed by atoms with E-state index in [1.54, 1.807) is 7.11 Å². The molecule has 0 aliphatic heterocycles. The number of nitro groups is 1. The van der Waals surface area contributed by atoms with Crippen LogP contribution >= 0.6 is 0 Å². The molecule has 0 amide bonds. The highest BCUT2D eigenvalue weighted by atomic mass is 16.6. The molecule has 1 unspecified atom stereocenters. The monoisotopic (exact) mass is 297 g/mol. The van der Waals surface area contributed by atoms with Crippen molar-refractivity contribution in [3.63, 3.8) is 0 Å². The molecular weight excluding hydrogens is 278 g/mol. The van der Waals surface area contributed by atoms with Crippen LogP contribution in [0.4, 0.5) is 11.5 Å². The van der Waals surface area contributed by atoms with Gasteiger partial charge in [0.15, 0.2) is 11.5 Å². The Morgan fingerprint density at radius 2 is 2.33 bits per heavy atom. The quantitative estimate of drug-likeness (QED) is 0.252. The molecule has 116 valence electrons. The number of anilines is 1. The maximum absolute atomic E-state index is 11.0. The van der Waals surface area contributed by atoms with E-state index in [0.29, 0.717) is 19.0 Å². The van der Waals surface area contributed by atoms with Crippen LogP contribution in [0.25, 0.3) is 0 Å². The number of hydrogen-bond acceptors (Lipinski definition) is 7. The van der Waals surface area contributed by atoms with Gasteiger partial charge in [-0.3, -0.25) is 10.1 Å². The number of oxime groups is 1. The van der Waals surface area contributed by atoms with Crippen LogP contribution < -0.4 is 10.6 Å². The first-order valence-corrected chi connectivity index (χ1v) is 6.35. The van der Waals surface area contributed by atoms with Crippen molar-refractivity contribution < 1.29 is 14.9 Å². The van der Waals surface area contributed by atoms with Crippen LogP contribution in [-0.2, 0) is 4.74 Å².